The molecule has 0 saturated carbocycles. The van der Waals surface area contributed by atoms with Crippen LogP contribution >= 0.6 is 0 Å². The second kappa shape index (κ2) is 6.99. The molecule has 8 heteroatoms. The highest BCUT2D eigenvalue weighted by molar-refractivity contribution is 5.95. The zero-order chi connectivity index (χ0) is 18.8. The molecule has 1 fully saturated rings. The molecular formula is C18H20N4O4. The quantitative estimate of drug-likeness (QED) is 0.867. The van der Waals surface area contributed by atoms with Gasteiger partial charge in [-0.3, -0.25) is 14.3 Å². The standard InChI is InChI=1S/C18H20N4O4/c1-21-10-12(9-19-21)16-14(7-8-15(23)22(16)2)17(24)20-13-5-3-11(4-6-13)18(25)26/h3-6,9-10,14,16H,7-8H2,1-2H3,(H,20,24)(H,25,26). The Hall–Kier alpha value is -3.16. The number of likely N-dealkylation sites (tertiary alicyclic amines) is 1. The largest absolute Gasteiger partial charge is 0.478 e. The van der Waals surface area contributed by atoms with Crippen LogP contribution in [-0.2, 0) is 16.6 Å². The fourth-order valence-corrected chi connectivity index (χ4v) is 3.29. The summed E-state index contributed by atoms with van der Waals surface area (Å²) in [6.45, 7) is 0. The SMILES string of the molecule is CN1C(=O)CCC(C(=O)Nc2ccc(C(=O)O)cc2)C1c1cnn(C)c1. The maximum absolute atomic E-state index is 12.8. The van der Waals surface area contributed by atoms with E-state index in [-0.39, 0.29) is 23.4 Å². The first-order valence-corrected chi connectivity index (χ1v) is 8.25. The number of benzene rings is 1. The Morgan fingerprint density at radius 3 is 2.50 bits per heavy atom. The zero-order valence-electron chi connectivity index (χ0n) is 14.5. The van der Waals surface area contributed by atoms with Gasteiger partial charge in [0.2, 0.25) is 11.8 Å². The predicted molar refractivity (Wildman–Crippen MR) is 93.5 cm³/mol. The number of hydrogen-bond acceptors (Lipinski definition) is 4. The van der Waals surface area contributed by atoms with E-state index in [1.807, 2.05) is 6.20 Å². The number of hydrogen-bond donors (Lipinski definition) is 2. The topological polar surface area (TPSA) is 105 Å². The molecule has 2 heterocycles. The summed E-state index contributed by atoms with van der Waals surface area (Å²) in [6, 6.07) is 5.60. The van der Waals surface area contributed by atoms with Gasteiger partial charge in [-0.1, -0.05) is 0 Å². The van der Waals surface area contributed by atoms with Crippen molar-refractivity contribution in [3.8, 4) is 0 Å². The van der Waals surface area contributed by atoms with Gasteiger partial charge in [0.1, 0.15) is 0 Å². The van der Waals surface area contributed by atoms with Crippen LogP contribution in [-0.4, -0.2) is 44.6 Å². The lowest BCUT2D eigenvalue weighted by Gasteiger charge is -2.37. The number of aromatic carboxylic acids is 1. The predicted octanol–water partition coefficient (Wildman–Crippen LogP) is 1.67. The number of anilines is 1. The first-order chi connectivity index (χ1) is 12.4. The van der Waals surface area contributed by atoms with Crippen molar-refractivity contribution in [2.45, 2.75) is 18.9 Å². The number of nitrogens with one attached hydrogen (secondary N) is 1. The molecule has 2 atom stereocenters. The summed E-state index contributed by atoms with van der Waals surface area (Å²) in [5, 5.41) is 15.9. The highest BCUT2D eigenvalue weighted by Gasteiger charge is 2.39. The molecule has 0 spiro atoms. The third-order valence-electron chi connectivity index (χ3n) is 4.66. The summed E-state index contributed by atoms with van der Waals surface area (Å²) in [7, 11) is 3.48. The van der Waals surface area contributed by atoms with E-state index in [1.165, 1.54) is 12.1 Å². The van der Waals surface area contributed by atoms with Gasteiger partial charge in [-0.2, -0.15) is 5.10 Å². The highest BCUT2D eigenvalue weighted by atomic mass is 16.4. The van der Waals surface area contributed by atoms with E-state index in [1.54, 1.807) is 42.0 Å². The van der Waals surface area contributed by atoms with Crippen molar-refractivity contribution in [3.05, 3.63) is 47.8 Å². The van der Waals surface area contributed by atoms with Crippen LogP contribution in [0.3, 0.4) is 0 Å². The van der Waals surface area contributed by atoms with E-state index in [0.717, 1.165) is 5.56 Å². The molecule has 0 bridgehead atoms. The molecule has 2 unspecified atom stereocenters. The summed E-state index contributed by atoms with van der Waals surface area (Å²) >= 11 is 0. The van der Waals surface area contributed by atoms with E-state index in [2.05, 4.69) is 10.4 Å². The number of carboxylic acid groups (broad SMARTS) is 1. The molecule has 136 valence electrons. The minimum atomic E-state index is -1.02. The van der Waals surface area contributed by atoms with Gasteiger partial charge in [0, 0.05) is 38.0 Å². The lowest BCUT2D eigenvalue weighted by atomic mass is 9.85. The van der Waals surface area contributed by atoms with Gasteiger partial charge in [-0.15, -0.1) is 0 Å². The zero-order valence-corrected chi connectivity index (χ0v) is 14.5. The molecule has 26 heavy (non-hydrogen) atoms. The summed E-state index contributed by atoms with van der Waals surface area (Å²) in [4.78, 5) is 37.5. The van der Waals surface area contributed by atoms with Crippen LogP contribution in [0.15, 0.2) is 36.7 Å². The molecule has 8 nitrogen and oxygen atoms in total. The number of rotatable bonds is 4. The van der Waals surface area contributed by atoms with Crippen LogP contribution in [0.25, 0.3) is 0 Å². The Labute approximate surface area is 150 Å². The first kappa shape index (κ1) is 17.7. The van der Waals surface area contributed by atoms with Gasteiger partial charge >= 0.3 is 5.97 Å². The molecule has 0 aliphatic carbocycles. The lowest BCUT2D eigenvalue weighted by Crippen LogP contribution is -2.44. The van der Waals surface area contributed by atoms with Crippen LogP contribution in [0.5, 0.6) is 0 Å². The number of carbonyl (C=O) groups excluding carboxylic acids is 2. The Morgan fingerprint density at radius 1 is 1.23 bits per heavy atom. The van der Waals surface area contributed by atoms with E-state index < -0.39 is 11.9 Å². The molecule has 1 aromatic heterocycles. The number of carboxylic acids is 1. The van der Waals surface area contributed by atoms with Crippen molar-refractivity contribution in [1.29, 1.82) is 0 Å². The summed E-state index contributed by atoms with van der Waals surface area (Å²) in [5.41, 5.74) is 1.48. The third kappa shape index (κ3) is 3.44. The molecule has 2 aromatic rings. The van der Waals surface area contributed by atoms with Gasteiger partial charge in [0.15, 0.2) is 0 Å². The number of aromatic nitrogens is 2. The Morgan fingerprint density at radius 2 is 1.92 bits per heavy atom. The van der Waals surface area contributed by atoms with Crippen LogP contribution < -0.4 is 5.32 Å². The van der Waals surface area contributed by atoms with Crippen molar-refractivity contribution in [2.75, 3.05) is 12.4 Å². The molecule has 3 rings (SSSR count). The monoisotopic (exact) mass is 356 g/mol. The Balaban J connectivity index is 1.81. The average Bonchev–Trinajstić information content (AvgIpc) is 3.03. The van der Waals surface area contributed by atoms with E-state index in [4.69, 9.17) is 5.11 Å². The summed E-state index contributed by atoms with van der Waals surface area (Å²) in [6.07, 6.45) is 4.23. The molecular weight excluding hydrogens is 336 g/mol. The van der Waals surface area contributed by atoms with Gasteiger partial charge < -0.3 is 15.3 Å². The van der Waals surface area contributed by atoms with Gasteiger partial charge in [-0.25, -0.2) is 4.79 Å². The Bertz CT molecular complexity index is 843. The number of piperidine rings is 1. The third-order valence-corrected chi connectivity index (χ3v) is 4.66. The fraction of sp³-hybridized carbons (Fsp3) is 0.333. The lowest BCUT2D eigenvalue weighted by molar-refractivity contribution is -0.140. The highest BCUT2D eigenvalue weighted by Crippen LogP contribution is 2.36. The molecule has 1 aromatic carbocycles. The van der Waals surface area contributed by atoms with Crippen molar-refractivity contribution in [1.82, 2.24) is 14.7 Å². The first-order valence-electron chi connectivity index (χ1n) is 8.25. The minimum Gasteiger partial charge on any atom is -0.478 e. The number of aryl methyl sites for hydroxylation is 1. The van der Waals surface area contributed by atoms with Crippen molar-refractivity contribution in [3.63, 3.8) is 0 Å². The van der Waals surface area contributed by atoms with Crippen LogP contribution in [0, 0.1) is 5.92 Å². The molecule has 0 radical (unpaired) electrons. The van der Waals surface area contributed by atoms with Crippen molar-refractivity contribution in [2.24, 2.45) is 13.0 Å². The summed E-state index contributed by atoms with van der Waals surface area (Å²) < 4.78 is 1.64. The average molecular weight is 356 g/mol. The van der Waals surface area contributed by atoms with Gasteiger partial charge in [-0.05, 0) is 30.7 Å². The maximum atomic E-state index is 12.8. The molecule has 1 aliphatic heterocycles. The molecule has 1 saturated heterocycles. The van der Waals surface area contributed by atoms with Gasteiger partial charge in [0.05, 0.1) is 23.7 Å². The van der Waals surface area contributed by atoms with Crippen molar-refractivity contribution < 1.29 is 19.5 Å². The van der Waals surface area contributed by atoms with E-state index >= 15 is 0 Å². The van der Waals surface area contributed by atoms with E-state index in [0.29, 0.717) is 18.5 Å². The second-order valence-electron chi connectivity index (χ2n) is 6.41. The summed E-state index contributed by atoms with van der Waals surface area (Å²) in [5.74, 6) is -1.65. The van der Waals surface area contributed by atoms with E-state index in [9.17, 15) is 14.4 Å². The smallest absolute Gasteiger partial charge is 0.335 e. The number of amides is 2. The maximum Gasteiger partial charge on any atom is 0.335 e. The fourth-order valence-electron chi connectivity index (χ4n) is 3.29. The molecule has 2 amide bonds. The van der Waals surface area contributed by atoms with Gasteiger partial charge in [0.25, 0.3) is 0 Å². The minimum absolute atomic E-state index is 0.00582. The second-order valence-corrected chi connectivity index (χ2v) is 6.41. The van der Waals surface area contributed by atoms with Crippen LogP contribution in [0.2, 0.25) is 0 Å². The number of carbonyl (C=O) groups is 3. The normalized spacial score (nSPS) is 20.1. The Kier molecular flexibility index (Phi) is 4.75. The van der Waals surface area contributed by atoms with Crippen molar-refractivity contribution >= 4 is 23.5 Å². The van der Waals surface area contributed by atoms with Crippen LogP contribution in [0.4, 0.5) is 5.69 Å². The number of nitrogens with zero attached hydrogens (tertiary/aromatic N) is 3. The van der Waals surface area contributed by atoms with Crippen LogP contribution in [0.1, 0.15) is 34.8 Å². The molecule has 1 aliphatic rings. The molecule has 2 N–H and O–H groups in total.